The van der Waals surface area contributed by atoms with E-state index >= 15 is 0 Å². The van der Waals surface area contributed by atoms with E-state index in [0.717, 1.165) is 11.3 Å². The lowest BCUT2D eigenvalue weighted by Crippen LogP contribution is -2.22. The molecular formula is C12H14ClO. The average Bonchev–Trinajstić information content (AvgIpc) is 1.99. The Kier molecular flexibility index (Phi) is 3.22. The molecule has 0 aliphatic carbocycles. The van der Waals surface area contributed by atoms with Crippen LogP contribution >= 0.6 is 11.6 Å². The molecule has 0 fully saturated rings. The van der Waals surface area contributed by atoms with E-state index in [2.05, 4.69) is 12.7 Å². The van der Waals surface area contributed by atoms with Crippen molar-refractivity contribution in [2.45, 2.75) is 26.4 Å². The van der Waals surface area contributed by atoms with Gasteiger partial charge in [-0.05, 0) is 50.6 Å². The Bertz CT molecular complexity index is 337. The maximum atomic E-state index is 5.91. The van der Waals surface area contributed by atoms with Crippen LogP contribution in [0, 0.1) is 6.08 Å². The van der Waals surface area contributed by atoms with E-state index in [4.69, 9.17) is 16.3 Å². The molecule has 1 rings (SSSR count). The zero-order chi connectivity index (χ0) is 10.8. The lowest BCUT2D eigenvalue weighted by atomic mass is 10.1. The Labute approximate surface area is 90.3 Å². The summed E-state index contributed by atoms with van der Waals surface area (Å²) >= 11 is 5.91. The van der Waals surface area contributed by atoms with E-state index in [0.29, 0.717) is 5.02 Å². The summed E-state index contributed by atoms with van der Waals surface area (Å²) in [6.45, 7) is 9.54. The molecule has 1 aromatic carbocycles. The lowest BCUT2D eigenvalue weighted by molar-refractivity contribution is 0.131. The SMILES string of the molecule is C=[C]c1cc(Cl)cc(OC(C)(C)C)c1. The van der Waals surface area contributed by atoms with Crippen LogP contribution in [0.1, 0.15) is 26.3 Å². The molecule has 1 aromatic rings. The molecule has 0 N–H and O–H groups in total. The summed E-state index contributed by atoms with van der Waals surface area (Å²) in [5.41, 5.74) is 0.625. The first-order valence-electron chi connectivity index (χ1n) is 4.43. The van der Waals surface area contributed by atoms with Gasteiger partial charge in [-0.15, -0.1) is 0 Å². The van der Waals surface area contributed by atoms with Gasteiger partial charge in [-0.3, -0.25) is 0 Å². The van der Waals surface area contributed by atoms with Crippen LogP contribution in [-0.2, 0) is 0 Å². The minimum Gasteiger partial charge on any atom is -0.488 e. The van der Waals surface area contributed by atoms with Gasteiger partial charge in [0.2, 0.25) is 0 Å². The maximum Gasteiger partial charge on any atom is 0.122 e. The highest BCUT2D eigenvalue weighted by atomic mass is 35.5. The molecule has 0 aromatic heterocycles. The van der Waals surface area contributed by atoms with Crippen molar-refractivity contribution in [3.05, 3.63) is 41.4 Å². The number of rotatable bonds is 2. The largest absolute Gasteiger partial charge is 0.488 e. The van der Waals surface area contributed by atoms with E-state index in [1.165, 1.54) is 0 Å². The topological polar surface area (TPSA) is 9.23 Å². The van der Waals surface area contributed by atoms with Crippen LogP contribution in [0.5, 0.6) is 5.75 Å². The second-order valence-electron chi connectivity index (χ2n) is 4.07. The van der Waals surface area contributed by atoms with Gasteiger partial charge in [-0.1, -0.05) is 18.2 Å². The van der Waals surface area contributed by atoms with Gasteiger partial charge >= 0.3 is 0 Å². The van der Waals surface area contributed by atoms with Crippen LogP contribution in [0.15, 0.2) is 24.8 Å². The van der Waals surface area contributed by atoms with E-state index in [9.17, 15) is 0 Å². The average molecular weight is 210 g/mol. The van der Waals surface area contributed by atoms with Crippen LogP contribution in [0.4, 0.5) is 0 Å². The van der Waals surface area contributed by atoms with Gasteiger partial charge in [0.05, 0.1) is 0 Å². The van der Waals surface area contributed by atoms with E-state index in [1.807, 2.05) is 26.8 Å². The highest BCUT2D eigenvalue weighted by Crippen LogP contribution is 2.24. The summed E-state index contributed by atoms with van der Waals surface area (Å²) in [5, 5.41) is 0.637. The van der Waals surface area contributed by atoms with Gasteiger partial charge in [-0.25, -0.2) is 0 Å². The third-order valence-electron chi connectivity index (χ3n) is 1.50. The van der Waals surface area contributed by atoms with Gasteiger partial charge < -0.3 is 4.74 Å². The summed E-state index contributed by atoms with van der Waals surface area (Å²) in [5.74, 6) is 0.746. The van der Waals surface area contributed by atoms with Crippen LogP contribution in [0.25, 0.3) is 0 Å². The van der Waals surface area contributed by atoms with Crippen molar-refractivity contribution in [3.8, 4) is 5.75 Å². The highest BCUT2D eigenvalue weighted by Gasteiger charge is 2.12. The molecule has 0 heterocycles. The zero-order valence-electron chi connectivity index (χ0n) is 8.73. The third kappa shape index (κ3) is 3.43. The lowest BCUT2D eigenvalue weighted by Gasteiger charge is -2.21. The molecule has 0 unspecified atom stereocenters. The smallest absolute Gasteiger partial charge is 0.122 e. The highest BCUT2D eigenvalue weighted by molar-refractivity contribution is 6.30. The zero-order valence-corrected chi connectivity index (χ0v) is 9.48. The molecule has 0 amide bonds. The Hall–Kier alpha value is -0.950. The van der Waals surface area contributed by atoms with Gasteiger partial charge in [0, 0.05) is 5.02 Å². The maximum absolute atomic E-state index is 5.91. The monoisotopic (exact) mass is 209 g/mol. The molecule has 0 bridgehead atoms. The number of halogens is 1. The summed E-state index contributed by atoms with van der Waals surface area (Å²) in [6, 6.07) is 5.45. The van der Waals surface area contributed by atoms with E-state index in [-0.39, 0.29) is 5.60 Å². The predicted molar refractivity (Wildman–Crippen MR) is 59.8 cm³/mol. The Balaban J connectivity index is 2.98. The fourth-order valence-corrected chi connectivity index (χ4v) is 1.30. The van der Waals surface area contributed by atoms with Gasteiger partial charge in [0.15, 0.2) is 0 Å². The minimum atomic E-state index is -0.219. The summed E-state index contributed by atoms with van der Waals surface area (Å²) in [4.78, 5) is 0. The van der Waals surface area contributed by atoms with Gasteiger partial charge in [0.1, 0.15) is 11.4 Å². The fourth-order valence-electron chi connectivity index (χ4n) is 1.08. The molecule has 0 saturated carbocycles. The summed E-state index contributed by atoms with van der Waals surface area (Å²) < 4.78 is 5.67. The first kappa shape index (κ1) is 11.1. The van der Waals surface area contributed by atoms with Gasteiger partial charge in [0.25, 0.3) is 0 Å². The summed E-state index contributed by atoms with van der Waals surface area (Å²) in [7, 11) is 0. The molecule has 14 heavy (non-hydrogen) atoms. The first-order valence-corrected chi connectivity index (χ1v) is 4.81. The van der Waals surface area contributed by atoms with Crippen molar-refractivity contribution in [3.63, 3.8) is 0 Å². The number of benzene rings is 1. The molecule has 0 spiro atoms. The Morgan fingerprint density at radius 2 is 1.93 bits per heavy atom. The number of hydrogen-bond acceptors (Lipinski definition) is 1. The quantitative estimate of drug-likeness (QED) is 0.719. The molecular weight excluding hydrogens is 196 g/mol. The first-order chi connectivity index (χ1) is 6.40. The van der Waals surface area contributed by atoms with Crippen LogP contribution in [0.3, 0.4) is 0 Å². The van der Waals surface area contributed by atoms with Gasteiger partial charge in [-0.2, -0.15) is 0 Å². The second kappa shape index (κ2) is 4.05. The number of ether oxygens (including phenoxy) is 1. The predicted octanol–water partition coefficient (Wildman–Crippen LogP) is 3.85. The molecule has 75 valence electrons. The Morgan fingerprint density at radius 3 is 2.43 bits per heavy atom. The Morgan fingerprint density at radius 1 is 1.29 bits per heavy atom. The molecule has 1 nitrogen and oxygen atoms in total. The minimum absolute atomic E-state index is 0.219. The van der Waals surface area contributed by atoms with Crippen molar-refractivity contribution in [2.75, 3.05) is 0 Å². The molecule has 2 heteroatoms. The fraction of sp³-hybridized carbons (Fsp3) is 0.333. The molecule has 0 saturated heterocycles. The van der Waals surface area contributed by atoms with Crippen molar-refractivity contribution in [1.82, 2.24) is 0 Å². The normalized spacial score (nSPS) is 11.1. The van der Waals surface area contributed by atoms with Crippen molar-refractivity contribution in [1.29, 1.82) is 0 Å². The van der Waals surface area contributed by atoms with Crippen molar-refractivity contribution < 1.29 is 4.74 Å². The molecule has 0 atom stereocenters. The van der Waals surface area contributed by atoms with Crippen LogP contribution in [-0.4, -0.2) is 5.60 Å². The molecule has 0 aliphatic heterocycles. The molecule has 0 aliphatic rings. The summed E-state index contributed by atoms with van der Waals surface area (Å²) in [6.07, 6.45) is 2.78. The number of hydrogen-bond donors (Lipinski definition) is 0. The second-order valence-corrected chi connectivity index (χ2v) is 4.50. The van der Waals surface area contributed by atoms with E-state index in [1.54, 1.807) is 12.1 Å². The van der Waals surface area contributed by atoms with Crippen molar-refractivity contribution >= 4 is 11.6 Å². The third-order valence-corrected chi connectivity index (χ3v) is 1.72. The van der Waals surface area contributed by atoms with Crippen molar-refractivity contribution in [2.24, 2.45) is 0 Å². The molecule has 1 radical (unpaired) electrons. The standard InChI is InChI=1S/C12H14ClO/c1-5-9-6-10(13)8-11(7-9)14-12(2,3)4/h6-8H,1H2,2-4H3. The van der Waals surface area contributed by atoms with E-state index < -0.39 is 0 Å². The van der Waals surface area contributed by atoms with Crippen LogP contribution < -0.4 is 4.74 Å². The van der Waals surface area contributed by atoms with Crippen LogP contribution in [0.2, 0.25) is 5.02 Å².